The summed E-state index contributed by atoms with van der Waals surface area (Å²) in [6.07, 6.45) is 0. The first kappa shape index (κ1) is 21.2. The van der Waals surface area contributed by atoms with Crippen LogP contribution in [0.4, 0.5) is 20.2 Å². The first-order valence-corrected chi connectivity index (χ1v) is 10.8. The van der Waals surface area contributed by atoms with Gasteiger partial charge in [0.1, 0.15) is 6.61 Å². The van der Waals surface area contributed by atoms with Gasteiger partial charge in [-0.05, 0) is 86.7 Å². The lowest BCUT2D eigenvalue weighted by atomic mass is 10.1. The molecule has 0 radical (unpaired) electrons. The molecule has 2 aromatic carbocycles. The molecule has 1 amide bonds. The smallest absolute Gasteiger partial charge is 0.277 e. The second-order valence-electron chi connectivity index (χ2n) is 5.79. The normalized spacial score (nSPS) is 10.8. The first-order chi connectivity index (χ1) is 13.4. The number of hydroxylamine groups is 1. The Balaban J connectivity index is 1.87. The molecular weight excluding hydrogens is 565 g/mol. The van der Waals surface area contributed by atoms with Crippen LogP contribution >= 0.6 is 49.9 Å². The van der Waals surface area contributed by atoms with Gasteiger partial charge < -0.3 is 5.32 Å². The lowest BCUT2D eigenvalue weighted by Crippen LogP contribution is -2.25. The van der Waals surface area contributed by atoms with E-state index in [-0.39, 0.29) is 22.3 Å². The molecular formula is C19H14BrF2IN2O2S. The summed E-state index contributed by atoms with van der Waals surface area (Å²) < 4.78 is 29.6. The van der Waals surface area contributed by atoms with Crippen LogP contribution in [0.1, 0.15) is 20.8 Å². The second kappa shape index (κ2) is 9.29. The van der Waals surface area contributed by atoms with E-state index in [0.717, 1.165) is 14.0 Å². The molecule has 0 saturated carbocycles. The Labute approximate surface area is 186 Å². The maximum absolute atomic E-state index is 14.6. The van der Waals surface area contributed by atoms with Gasteiger partial charge in [0.2, 0.25) is 0 Å². The minimum absolute atomic E-state index is 0.0881. The zero-order valence-electron chi connectivity index (χ0n) is 14.5. The number of carbonyl (C=O) groups is 1. The molecule has 3 rings (SSSR count). The van der Waals surface area contributed by atoms with E-state index in [1.54, 1.807) is 6.07 Å². The number of hydrogen-bond donors (Lipinski definition) is 2. The van der Waals surface area contributed by atoms with Crippen molar-refractivity contribution in [3.05, 3.63) is 77.5 Å². The fraction of sp³-hybridized carbons (Fsp3) is 0.105. The number of hydrogen-bond acceptors (Lipinski definition) is 4. The zero-order chi connectivity index (χ0) is 20.3. The molecule has 2 N–H and O–H groups in total. The van der Waals surface area contributed by atoms with Crippen molar-refractivity contribution in [2.45, 2.75) is 13.5 Å². The van der Waals surface area contributed by atoms with Gasteiger partial charge in [-0.15, -0.1) is 11.3 Å². The van der Waals surface area contributed by atoms with Crippen molar-refractivity contribution in [3.63, 3.8) is 0 Å². The van der Waals surface area contributed by atoms with Crippen LogP contribution in [0.3, 0.4) is 0 Å². The molecule has 0 fully saturated rings. The molecule has 9 heteroatoms. The van der Waals surface area contributed by atoms with E-state index >= 15 is 0 Å². The Kier molecular flexibility index (Phi) is 7.02. The minimum Gasteiger partial charge on any atom is -0.352 e. The number of rotatable bonds is 6. The summed E-state index contributed by atoms with van der Waals surface area (Å²) in [4.78, 5) is 18.7. The molecule has 1 aromatic heterocycles. The molecule has 3 aromatic rings. The summed E-state index contributed by atoms with van der Waals surface area (Å²) >= 11 is 6.58. The van der Waals surface area contributed by atoms with Crippen molar-refractivity contribution in [3.8, 4) is 0 Å². The van der Waals surface area contributed by atoms with Gasteiger partial charge in [0.25, 0.3) is 5.91 Å². The number of amides is 1. The van der Waals surface area contributed by atoms with Gasteiger partial charge in [0, 0.05) is 14.1 Å². The number of anilines is 2. The van der Waals surface area contributed by atoms with Gasteiger partial charge in [-0.1, -0.05) is 6.07 Å². The van der Waals surface area contributed by atoms with Crippen LogP contribution in [0, 0.1) is 22.1 Å². The SMILES string of the molecule is Cc1cc(I)ccc1Nc1c(C(=O)NOCc2cccs2)cc(Br)c(F)c1F. The highest BCUT2D eigenvalue weighted by atomic mass is 127. The van der Waals surface area contributed by atoms with Gasteiger partial charge >= 0.3 is 0 Å². The summed E-state index contributed by atoms with van der Waals surface area (Å²) in [6.45, 7) is 2.01. The van der Waals surface area contributed by atoms with Gasteiger partial charge in [-0.2, -0.15) is 0 Å². The number of halogens is 4. The summed E-state index contributed by atoms with van der Waals surface area (Å²) in [5.41, 5.74) is 3.32. The molecule has 1 heterocycles. The van der Waals surface area contributed by atoms with Crippen LogP contribution in [0.15, 0.2) is 46.3 Å². The molecule has 0 spiro atoms. The molecule has 4 nitrogen and oxygen atoms in total. The Hall–Kier alpha value is -1.56. The van der Waals surface area contributed by atoms with Crippen molar-refractivity contribution in [2.24, 2.45) is 0 Å². The average Bonchev–Trinajstić information content (AvgIpc) is 3.17. The third-order valence-corrected chi connectivity index (χ3v) is 5.91. The summed E-state index contributed by atoms with van der Waals surface area (Å²) in [5, 5.41) is 4.72. The van der Waals surface area contributed by atoms with Crippen LogP contribution in [0.5, 0.6) is 0 Å². The molecule has 0 bridgehead atoms. The highest BCUT2D eigenvalue weighted by molar-refractivity contribution is 14.1. The molecule has 0 saturated heterocycles. The third kappa shape index (κ3) is 4.88. The summed E-state index contributed by atoms with van der Waals surface area (Å²) in [7, 11) is 0. The number of thiophene rings is 1. The Bertz CT molecular complexity index is 1020. The lowest BCUT2D eigenvalue weighted by Gasteiger charge is -2.16. The van der Waals surface area contributed by atoms with Crippen molar-refractivity contribution in [2.75, 3.05) is 5.32 Å². The predicted molar refractivity (Wildman–Crippen MR) is 118 cm³/mol. The van der Waals surface area contributed by atoms with Crippen LogP contribution in [0.25, 0.3) is 0 Å². The monoisotopic (exact) mass is 578 g/mol. The van der Waals surface area contributed by atoms with E-state index in [1.807, 2.05) is 36.6 Å². The largest absolute Gasteiger partial charge is 0.352 e. The fourth-order valence-electron chi connectivity index (χ4n) is 2.42. The Morgan fingerprint density at radius 1 is 1.25 bits per heavy atom. The lowest BCUT2D eigenvalue weighted by molar-refractivity contribution is 0.0243. The number of aryl methyl sites for hydroxylation is 1. The van der Waals surface area contributed by atoms with Crippen LogP contribution in [0.2, 0.25) is 0 Å². The van der Waals surface area contributed by atoms with Crippen molar-refractivity contribution < 1.29 is 18.4 Å². The molecule has 0 aliphatic rings. The van der Waals surface area contributed by atoms with E-state index in [4.69, 9.17) is 4.84 Å². The van der Waals surface area contributed by atoms with Crippen molar-refractivity contribution in [1.29, 1.82) is 0 Å². The maximum atomic E-state index is 14.6. The topological polar surface area (TPSA) is 50.4 Å². The van der Waals surface area contributed by atoms with E-state index in [1.165, 1.54) is 17.4 Å². The summed E-state index contributed by atoms with van der Waals surface area (Å²) in [6, 6.07) is 10.4. The zero-order valence-corrected chi connectivity index (χ0v) is 19.0. The molecule has 0 aliphatic heterocycles. The van der Waals surface area contributed by atoms with Crippen molar-refractivity contribution >= 4 is 67.1 Å². The van der Waals surface area contributed by atoms with Crippen LogP contribution in [-0.2, 0) is 11.4 Å². The van der Waals surface area contributed by atoms with Gasteiger partial charge in [0.05, 0.1) is 15.7 Å². The van der Waals surface area contributed by atoms with E-state index in [0.29, 0.717) is 5.69 Å². The Morgan fingerprint density at radius 3 is 2.71 bits per heavy atom. The fourth-order valence-corrected chi connectivity index (χ4v) is 4.09. The molecule has 28 heavy (non-hydrogen) atoms. The minimum atomic E-state index is -1.16. The average molecular weight is 579 g/mol. The molecule has 0 unspecified atom stereocenters. The van der Waals surface area contributed by atoms with Gasteiger partial charge in [-0.25, -0.2) is 14.3 Å². The maximum Gasteiger partial charge on any atom is 0.277 e. The summed E-state index contributed by atoms with van der Waals surface area (Å²) in [5.74, 6) is -2.93. The van der Waals surface area contributed by atoms with Crippen molar-refractivity contribution in [1.82, 2.24) is 5.48 Å². The predicted octanol–water partition coefficient (Wildman–Crippen LogP) is 6.31. The number of benzene rings is 2. The Morgan fingerprint density at radius 2 is 2.04 bits per heavy atom. The second-order valence-corrected chi connectivity index (χ2v) is 8.92. The van der Waals surface area contributed by atoms with E-state index < -0.39 is 17.5 Å². The van der Waals surface area contributed by atoms with E-state index in [2.05, 4.69) is 49.3 Å². The van der Waals surface area contributed by atoms with Gasteiger partial charge in [-0.3, -0.25) is 9.63 Å². The van der Waals surface area contributed by atoms with Crippen LogP contribution < -0.4 is 10.8 Å². The van der Waals surface area contributed by atoms with E-state index in [9.17, 15) is 13.6 Å². The first-order valence-electron chi connectivity index (χ1n) is 8.02. The van der Waals surface area contributed by atoms with Crippen LogP contribution in [-0.4, -0.2) is 5.91 Å². The number of nitrogens with one attached hydrogen (secondary N) is 2. The van der Waals surface area contributed by atoms with Gasteiger partial charge in [0.15, 0.2) is 11.6 Å². The molecule has 146 valence electrons. The molecule has 0 aliphatic carbocycles. The highest BCUT2D eigenvalue weighted by Gasteiger charge is 2.22. The highest BCUT2D eigenvalue weighted by Crippen LogP contribution is 2.32. The quantitative estimate of drug-likeness (QED) is 0.205. The third-order valence-electron chi connectivity index (χ3n) is 3.81. The number of carbonyl (C=O) groups excluding carboxylic acids is 1. The molecule has 0 atom stereocenters. The standard InChI is InChI=1S/C19H14BrF2IN2O2S/c1-10-7-11(23)4-5-15(10)24-18-13(8-14(20)16(21)17(18)22)19(26)25-27-9-12-3-2-6-28-12/h2-8,24H,9H2,1H3,(H,25,26).